The number of aromatic nitrogens is 1. The molecule has 27 heavy (non-hydrogen) atoms. The van der Waals surface area contributed by atoms with Gasteiger partial charge in [-0.25, -0.2) is 4.98 Å². The molecule has 2 heterocycles. The minimum atomic E-state index is -0.259. The van der Waals surface area contributed by atoms with Crippen LogP contribution in [-0.2, 0) is 4.79 Å². The molecule has 8 heteroatoms. The Morgan fingerprint density at radius 2 is 1.81 bits per heavy atom. The molecule has 1 aromatic carbocycles. The molecule has 1 N–H and O–H groups in total. The highest BCUT2D eigenvalue weighted by atomic mass is 16.5. The van der Waals surface area contributed by atoms with Crippen molar-refractivity contribution in [1.29, 1.82) is 0 Å². The SMILES string of the molecule is COc1ccc(C(=O)Nc2ccc(N3CCN(C=O)CC3)nc2)cc1OC. The molecule has 0 radical (unpaired) electrons. The molecular weight excluding hydrogens is 348 g/mol. The Balaban J connectivity index is 1.64. The van der Waals surface area contributed by atoms with Crippen LogP contribution in [0.4, 0.5) is 11.5 Å². The van der Waals surface area contributed by atoms with Crippen LogP contribution in [0.3, 0.4) is 0 Å². The Kier molecular flexibility index (Phi) is 5.75. The third-order valence-electron chi connectivity index (χ3n) is 4.44. The molecule has 0 spiro atoms. The van der Waals surface area contributed by atoms with Crippen molar-refractivity contribution in [3.05, 3.63) is 42.1 Å². The minimum Gasteiger partial charge on any atom is -0.493 e. The molecular formula is C19H22N4O4. The van der Waals surface area contributed by atoms with Crippen LogP contribution in [0.1, 0.15) is 10.4 Å². The first-order valence-corrected chi connectivity index (χ1v) is 8.58. The van der Waals surface area contributed by atoms with E-state index in [-0.39, 0.29) is 5.91 Å². The van der Waals surface area contributed by atoms with E-state index in [0.29, 0.717) is 35.8 Å². The summed E-state index contributed by atoms with van der Waals surface area (Å²) in [7, 11) is 3.07. The Morgan fingerprint density at radius 3 is 2.41 bits per heavy atom. The van der Waals surface area contributed by atoms with Gasteiger partial charge in [0.05, 0.1) is 26.1 Å². The summed E-state index contributed by atoms with van der Waals surface area (Å²) in [5.74, 6) is 1.62. The fourth-order valence-corrected chi connectivity index (χ4v) is 2.88. The zero-order valence-electron chi connectivity index (χ0n) is 15.3. The highest BCUT2D eigenvalue weighted by Crippen LogP contribution is 2.28. The van der Waals surface area contributed by atoms with E-state index in [1.807, 2.05) is 12.1 Å². The molecule has 1 aromatic heterocycles. The summed E-state index contributed by atoms with van der Waals surface area (Å²) >= 11 is 0. The molecule has 1 saturated heterocycles. The van der Waals surface area contributed by atoms with Gasteiger partial charge in [-0.05, 0) is 30.3 Å². The molecule has 2 amide bonds. The van der Waals surface area contributed by atoms with Gasteiger partial charge in [-0.3, -0.25) is 9.59 Å². The third-order valence-corrected chi connectivity index (χ3v) is 4.44. The summed E-state index contributed by atoms with van der Waals surface area (Å²) in [6.07, 6.45) is 2.50. The lowest BCUT2D eigenvalue weighted by atomic mass is 10.2. The monoisotopic (exact) mass is 370 g/mol. The maximum Gasteiger partial charge on any atom is 0.255 e. The van der Waals surface area contributed by atoms with Gasteiger partial charge in [-0.2, -0.15) is 0 Å². The van der Waals surface area contributed by atoms with Crippen LogP contribution in [0.5, 0.6) is 11.5 Å². The van der Waals surface area contributed by atoms with Crippen LogP contribution in [-0.4, -0.2) is 62.6 Å². The molecule has 0 saturated carbocycles. The van der Waals surface area contributed by atoms with Crippen molar-refractivity contribution >= 4 is 23.8 Å². The number of carbonyl (C=O) groups excluding carboxylic acids is 2. The van der Waals surface area contributed by atoms with Crippen LogP contribution in [0.25, 0.3) is 0 Å². The number of ether oxygens (including phenoxy) is 2. The van der Waals surface area contributed by atoms with Crippen LogP contribution in [0, 0.1) is 0 Å². The molecule has 2 aromatic rings. The lowest BCUT2D eigenvalue weighted by Gasteiger charge is -2.33. The van der Waals surface area contributed by atoms with E-state index in [2.05, 4.69) is 15.2 Å². The van der Waals surface area contributed by atoms with Crippen molar-refractivity contribution in [2.45, 2.75) is 0 Å². The molecule has 8 nitrogen and oxygen atoms in total. The van der Waals surface area contributed by atoms with Gasteiger partial charge in [-0.15, -0.1) is 0 Å². The molecule has 0 unspecified atom stereocenters. The second-order valence-corrected chi connectivity index (χ2v) is 6.06. The maximum absolute atomic E-state index is 12.5. The highest BCUT2D eigenvalue weighted by Gasteiger charge is 2.17. The van der Waals surface area contributed by atoms with Crippen LogP contribution in [0.2, 0.25) is 0 Å². The lowest BCUT2D eigenvalue weighted by Crippen LogP contribution is -2.46. The van der Waals surface area contributed by atoms with Crippen LogP contribution >= 0.6 is 0 Å². The van der Waals surface area contributed by atoms with E-state index >= 15 is 0 Å². The summed E-state index contributed by atoms with van der Waals surface area (Å²) < 4.78 is 10.4. The van der Waals surface area contributed by atoms with E-state index < -0.39 is 0 Å². The number of nitrogens with zero attached hydrogens (tertiary/aromatic N) is 3. The molecule has 0 aliphatic carbocycles. The van der Waals surface area contributed by atoms with Gasteiger partial charge in [0.2, 0.25) is 6.41 Å². The van der Waals surface area contributed by atoms with Gasteiger partial charge in [-0.1, -0.05) is 0 Å². The number of hydrogen-bond donors (Lipinski definition) is 1. The first-order chi connectivity index (χ1) is 13.1. The molecule has 1 aliphatic rings. The minimum absolute atomic E-state index is 0.259. The molecule has 0 atom stereocenters. The fraction of sp³-hybridized carbons (Fsp3) is 0.316. The van der Waals surface area contributed by atoms with Crippen molar-refractivity contribution in [1.82, 2.24) is 9.88 Å². The van der Waals surface area contributed by atoms with E-state index in [4.69, 9.17) is 9.47 Å². The zero-order valence-corrected chi connectivity index (χ0v) is 15.3. The van der Waals surface area contributed by atoms with Crippen LogP contribution in [0.15, 0.2) is 36.5 Å². The number of hydrogen-bond acceptors (Lipinski definition) is 6. The Labute approximate surface area is 157 Å². The zero-order chi connectivity index (χ0) is 19.2. The van der Waals surface area contributed by atoms with E-state index in [9.17, 15) is 9.59 Å². The Morgan fingerprint density at radius 1 is 1.07 bits per heavy atom. The number of anilines is 2. The van der Waals surface area contributed by atoms with Gasteiger partial charge in [0, 0.05) is 31.7 Å². The fourth-order valence-electron chi connectivity index (χ4n) is 2.88. The standard InChI is InChI=1S/C19H22N4O4/c1-26-16-5-3-14(11-17(16)27-2)19(25)21-15-4-6-18(20-12-15)23-9-7-22(13-24)8-10-23/h3-6,11-13H,7-10H2,1-2H3,(H,21,25). The van der Waals surface area contributed by atoms with E-state index in [1.54, 1.807) is 36.4 Å². The number of carbonyl (C=O) groups is 2. The quantitative estimate of drug-likeness (QED) is 0.778. The van der Waals surface area contributed by atoms with E-state index in [1.165, 1.54) is 7.11 Å². The topological polar surface area (TPSA) is 84.0 Å². The maximum atomic E-state index is 12.5. The lowest BCUT2D eigenvalue weighted by molar-refractivity contribution is -0.118. The molecule has 3 rings (SSSR count). The van der Waals surface area contributed by atoms with Crippen molar-refractivity contribution in [2.75, 3.05) is 50.6 Å². The average molecular weight is 370 g/mol. The van der Waals surface area contributed by atoms with Gasteiger partial charge < -0.3 is 24.6 Å². The normalized spacial score (nSPS) is 13.9. The first-order valence-electron chi connectivity index (χ1n) is 8.58. The van der Waals surface area contributed by atoms with Crippen molar-refractivity contribution in [3.63, 3.8) is 0 Å². The Bertz CT molecular complexity index is 802. The summed E-state index contributed by atoms with van der Waals surface area (Å²) in [5.41, 5.74) is 1.06. The summed E-state index contributed by atoms with van der Waals surface area (Å²) in [5, 5.41) is 2.82. The average Bonchev–Trinajstić information content (AvgIpc) is 2.73. The van der Waals surface area contributed by atoms with Gasteiger partial charge >= 0.3 is 0 Å². The van der Waals surface area contributed by atoms with Crippen molar-refractivity contribution < 1.29 is 19.1 Å². The number of rotatable bonds is 6. The van der Waals surface area contributed by atoms with E-state index in [0.717, 1.165) is 25.3 Å². The predicted molar refractivity (Wildman–Crippen MR) is 102 cm³/mol. The van der Waals surface area contributed by atoms with Gasteiger partial charge in [0.25, 0.3) is 5.91 Å². The number of piperazine rings is 1. The third kappa shape index (κ3) is 4.28. The van der Waals surface area contributed by atoms with Crippen molar-refractivity contribution in [2.24, 2.45) is 0 Å². The number of methoxy groups -OCH3 is 2. The van der Waals surface area contributed by atoms with Gasteiger partial charge in [0.15, 0.2) is 11.5 Å². The summed E-state index contributed by atoms with van der Waals surface area (Å²) in [6, 6.07) is 8.66. The second kappa shape index (κ2) is 8.39. The largest absolute Gasteiger partial charge is 0.493 e. The van der Waals surface area contributed by atoms with Crippen molar-refractivity contribution in [3.8, 4) is 11.5 Å². The number of nitrogens with one attached hydrogen (secondary N) is 1. The Hall–Kier alpha value is -3.29. The molecule has 142 valence electrons. The smallest absolute Gasteiger partial charge is 0.255 e. The molecule has 0 bridgehead atoms. The second-order valence-electron chi connectivity index (χ2n) is 6.06. The molecule has 1 fully saturated rings. The summed E-state index contributed by atoms with van der Waals surface area (Å²) in [6.45, 7) is 2.85. The number of benzene rings is 1. The van der Waals surface area contributed by atoms with Gasteiger partial charge in [0.1, 0.15) is 5.82 Å². The highest BCUT2D eigenvalue weighted by molar-refractivity contribution is 6.04. The number of pyridine rings is 1. The number of amides is 2. The first kappa shape index (κ1) is 18.5. The summed E-state index contributed by atoms with van der Waals surface area (Å²) in [4.78, 5) is 31.5. The molecule has 1 aliphatic heterocycles. The predicted octanol–water partition coefficient (Wildman–Crippen LogP) is 1.63. The van der Waals surface area contributed by atoms with Crippen LogP contribution < -0.4 is 19.7 Å².